The van der Waals surface area contributed by atoms with Gasteiger partial charge in [0.15, 0.2) is 5.69 Å². The summed E-state index contributed by atoms with van der Waals surface area (Å²) < 4.78 is 5.36. The molecule has 0 aliphatic heterocycles. The van der Waals surface area contributed by atoms with Gasteiger partial charge in [0, 0.05) is 9.86 Å². The monoisotopic (exact) mass is 311 g/mol. The number of carbonyl (C=O) groups is 1. The number of aromatic nitrogens is 1. The Morgan fingerprint density at radius 1 is 1.56 bits per heavy atom. The number of ether oxygens (including phenoxy) is 1. The van der Waals surface area contributed by atoms with E-state index in [1.54, 1.807) is 19.1 Å². The first kappa shape index (κ1) is 12.6. The standard InChI is InChI=1S/C11H10BrN3O3/c1-2-18-11(17)15-14-9-8-6(12)4-3-5-7(8)13-10(9)16/h3-5,13,16H,2H2,1H3. The second kappa shape index (κ2) is 5.18. The molecule has 2 rings (SSSR count). The number of carbonyl (C=O) groups excluding carboxylic acids is 1. The molecule has 1 aromatic heterocycles. The molecule has 1 aromatic carbocycles. The number of amides is 1. The number of aromatic hydroxyl groups is 1. The highest BCUT2D eigenvalue weighted by molar-refractivity contribution is 9.10. The Hall–Kier alpha value is -1.89. The van der Waals surface area contributed by atoms with Crippen LogP contribution in [-0.2, 0) is 4.74 Å². The number of azo groups is 1. The first-order valence-electron chi connectivity index (χ1n) is 5.21. The molecule has 2 aromatic rings. The summed E-state index contributed by atoms with van der Waals surface area (Å²) in [5, 5.41) is 17.5. The first-order valence-corrected chi connectivity index (χ1v) is 6.00. The highest BCUT2D eigenvalue weighted by Crippen LogP contribution is 2.39. The minimum Gasteiger partial charge on any atom is -0.493 e. The van der Waals surface area contributed by atoms with Crippen LogP contribution in [0.4, 0.5) is 10.5 Å². The highest BCUT2D eigenvalue weighted by Gasteiger charge is 2.13. The maximum atomic E-state index is 11.1. The summed E-state index contributed by atoms with van der Waals surface area (Å²) in [6.45, 7) is 1.90. The van der Waals surface area contributed by atoms with E-state index in [0.29, 0.717) is 10.9 Å². The Morgan fingerprint density at radius 3 is 3.06 bits per heavy atom. The smallest absolute Gasteiger partial charge is 0.452 e. The predicted octanol–water partition coefficient (Wildman–Crippen LogP) is 3.88. The molecule has 1 amide bonds. The number of hydrogen-bond donors (Lipinski definition) is 2. The van der Waals surface area contributed by atoms with Crippen molar-refractivity contribution in [1.29, 1.82) is 0 Å². The van der Waals surface area contributed by atoms with Gasteiger partial charge < -0.3 is 14.8 Å². The normalized spacial score (nSPS) is 11.2. The molecule has 2 N–H and O–H groups in total. The third-order valence-corrected chi connectivity index (χ3v) is 2.89. The van der Waals surface area contributed by atoms with E-state index >= 15 is 0 Å². The molecule has 0 unspecified atom stereocenters. The molecular formula is C11H10BrN3O3. The molecule has 6 nitrogen and oxygen atoms in total. The lowest BCUT2D eigenvalue weighted by Gasteiger charge is -1.95. The van der Waals surface area contributed by atoms with Crippen molar-refractivity contribution in [2.75, 3.05) is 6.61 Å². The van der Waals surface area contributed by atoms with E-state index in [0.717, 1.165) is 4.47 Å². The van der Waals surface area contributed by atoms with Crippen molar-refractivity contribution in [3.8, 4) is 5.88 Å². The second-order valence-corrected chi connectivity index (χ2v) is 4.24. The Kier molecular flexibility index (Phi) is 3.61. The zero-order valence-corrected chi connectivity index (χ0v) is 11.1. The lowest BCUT2D eigenvalue weighted by atomic mass is 10.2. The maximum absolute atomic E-state index is 11.1. The molecule has 0 atom stereocenters. The number of benzene rings is 1. The van der Waals surface area contributed by atoms with E-state index < -0.39 is 6.09 Å². The van der Waals surface area contributed by atoms with Gasteiger partial charge in [-0.3, -0.25) is 0 Å². The van der Waals surface area contributed by atoms with Gasteiger partial charge in [0.25, 0.3) is 0 Å². The molecule has 0 aliphatic carbocycles. The second-order valence-electron chi connectivity index (χ2n) is 3.38. The topological polar surface area (TPSA) is 87.0 Å². The minimum atomic E-state index is -0.793. The maximum Gasteiger partial charge on any atom is 0.452 e. The lowest BCUT2D eigenvalue weighted by Crippen LogP contribution is -1.95. The van der Waals surface area contributed by atoms with Crippen LogP contribution in [0.2, 0.25) is 0 Å². The molecule has 94 valence electrons. The fourth-order valence-corrected chi connectivity index (χ4v) is 2.07. The molecule has 1 heterocycles. The van der Waals surface area contributed by atoms with Crippen molar-refractivity contribution in [2.24, 2.45) is 10.2 Å². The quantitative estimate of drug-likeness (QED) is 0.825. The van der Waals surface area contributed by atoms with Crippen LogP contribution in [0.5, 0.6) is 5.88 Å². The van der Waals surface area contributed by atoms with Crippen molar-refractivity contribution in [3.63, 3.8) is 0 Å². The summed E-state index contributed by atoms with van der Waals surface area (Å²) in [6, 6.07) is 5.40. The van der Waals surface area contributed by atoms with Crippen LogP contribution in [0.25, 0.3) is 10.9 Å². The number of halogens is 1. The summed E-state index contributed by atoms with van der Waals surface area (Å²) in [4.78, 5) is 13.8. The molecule has 0 radical (unpaired) electrons. The van der Waals surface area contributed by atoms with E-state index in [-0.39, 0.29) is 18.2 Å². The number of H-pyrrole nitrogens is 1. The highest BCUT2D eigenvalue weighted by atomic mass is 79.9. The average molecular weight is 312 g/mol. The van der Waals surface area contributed by atoms with E-state index in [2.05, 4.69) is 35.9 Å². The third kappa shape index (κ3) is 2.35. The van der Waals surface area contributed by atoms with Gasteiger partial charge in [-0.25, -0.2) is 4.79 Å². The number of nitrogens with zero attached hydrogens (tertiary/aromatic N) is 2. The van der Waals surface area contributed by atoms with E-state index in [4.69, 9.17) is 0 Å². The Labute approximate surface area is 111 Å². The zero-order valence-electron chi connectivity index (χ0n) is 9.48. The third-order valence-electron chi connectivity index (χ3n) is 2.23. The summed E-state index contributed by atoms with van der Waals surface area (Å²) >= 11 is 3.35. The van der Waals surface area contributed by atoms with E-state index in [1.165, 1.54) is 0 Å². The average Bonchev–Trinajstić information content (AvgIpc) is 2.64. The minimum absolute atomic E-state index is 0.148. The van der Waals surface area contributed by atoms with Gasteiger partial charge in [-0.15, -0.1) is 5.11 Å². The van der Waals surface area contributed by atoms with Crippen molar-refractivity contribution in [2.45, 2.75) is 6.92 Å². The van der Waals surface area contributed by atoms with Crippen LogP contribution in [0, 0.1) is 0 Å². The number of nitrogens with one attached hydrogen (secondary N) is 1. The van der Waals surface area contributed by atoms with Gasteiger partial charge in [0.2, 0.25) is 5.88 Å². The van der Waals surface area contributed by atoms with Gasteiger partial charge in [-0.2, -0.15) is 0 Å². The van der Waals surface area contributed by atoms with Gasteiger partial charge >= 0.3 is 6.09 Å². The van der Waals surface area contributed by atoms with Crippen LogP contribution in [-0.4, -0.2) is 22.8 Å². The fraction of sp³-hybridized carbons (Fsp3) is 0.182. The number of hydrogen-bond acceptors (Lipinski definition) is 4. The molecule has 0 saturated carbocycles. The largest absolute Gasteiger partial charge is 0.493 e. The number of rotatable bonds is 2. The van der Waals surface area contributed by atoms with E-state index in [9.17, 15) is 9.90 Å². The van der Waals surface area contributed by atoms with Crippen LogP contribution < -0.4 is 0 Å². The molecule has 0 spiro atoms. The van der Waals surface area contributed by atoms with Crippen molar-refractivity contribution in [3.05, 3.63) is 22.7 Å². The van der Waals surface area contributed by atoms with Gasteiger partial charge in [-0.1, -0.05) is 27.1 Å². The molecule has 0 saturated heterocycles. The Morgan fingerprint density at radius 2 is 2.33 bits per heavy atom. The van der Waals surface area contributed by atoms with Crippen molar-refractivity contribution >= 4 is 38.6 Å². The van der Waals surface area contributed by atoms with E-state index in [1.807, 2.05) is 6.07 Å². The molecule has 0 fully saturated rings. The van der Waals surface area contributed by atoms with Crippen LogP contribution >= 0.6 is 15.9 Å². The van der Waals surface area contributed by atoms with Crippen LogP contribution in [0.15, 0.2) is 32.9 Å². The number of aromatic amines is 1. The molecule has 0 aliphatic rings. The first-order chi connectivity index (χ1) is 8.63. The van der Waals surface area contributed by atoms with Crippen LogP contribution in [0.1, 0.15) is 6.92 Å². The zero-order chi connectivity index (χ0) is 13.1. The van der Waals surface area contributed by atoms with Crippen LogP contribution in [0.3, 0.4) is 0 Å². The molecule has 7 heteroatoms. The number of fused-ring (bicyclic) bond motifs is 1. The Bertz CT molecular complexity index is 621. The SMILES string of the molecule is CCOC(=O)N=Nc1c(O)[nH]c2cccc(Br)c12. The van der Waals surface area contributed by atoms with Gasteiger partial charge in [0.05, 0.1) is 12.1 Å². The summed E-state index contributed by atoms with van der Waals surface area (Å²) in [6.07, 6.45) is -0.793. The predicted molar refractivity (Wildman–Crippen MR) is 69.2 cm³/mol. The molecular weight excluding hydrogens is 302 g/mol. The summed E-state index contributed by atoms with van der Waals surface area (Å²) in [5.74, 6) is -0.148. The molecule has 0 bridgehead atoms. The lowest BCUT2D eigenvalue weighted by molar-refractivity contribution is 0.162. The van der Waals surface area contributed by atoms with Gasteiger partial charge in [-0.05, 0) is 19.1 Å². The van der Waals surface area contributed by atoms with Crippen molar-refractivity contribution in [1.82, 2.24) is 4.98 Å². The van der Waals surface area contributed by atoms with Crippen molar-refractivity contribution < 1.29 is 14.6 Å². The molecule has 18 heavy (non-hydrogen) atoms. The summed E-state index contributed by atoms with van der Waals surface area (Å²) in [7, 11) is 0. The fourth-order valence-electron chi connectivity index (χ4n) is 1.51. The van der Waals surface area contributed by atoms with Gasteiger partial charge in [0.1, 0.15) is 0 Å². The Balaban J connectivity index is 2.44. The summed E-state index contributed by atoms with van der Waals surface area (Å²) in [5.41, 5.74) is 0.894.